The molecule has 4 atom stereocenters. The van der Waals surface area contributed by atoms with E-state index in [-0.39, 0.29) is 12.2 Å². The molecule has 1 aliphatic heterocycles. The molecule has 0 spiro atoms. The molecule has 0 aromatic heterocycles. The Morgan fingerprint density at radius 1 is 1.07 bits per heavy atom. The molecule has 0 amide bonds. The monoisotopic (exact) mass is 199 g/mol. The van der Waals surface area contributed by atoms with Gasteiger partial charge in [-0.25, -0.2) is 0 Å². The molecule has 2 N–H and O–H groups in total. The van der Waals surface area contributed by atoms with Gasteiger partial charge in [-0.1, -0.05) is 6.92 Å². The van der Waals surface area contributed by atoms with Gasteiger partial charge in [0.05, 0.1) is 12.2 Å². The molecule has 1 saturated heterocycles. The van der Waals surface area contributed by atoms with Gasteiger partial charge in [-0.05, 0) is 38.1 Å². The lowest BCUT2D eigenvalue weighted by atomic mass is 9.94. The summed E-state index contributed by atoms with van der Waals surface area (Å²) in [4.78, 5) is 2.28. The first-order chi connectivity index (χ1) is 6.68. The summed E-state index contributed by atoms with van der Waals surface area (Å²) in [7, 11) is 0. The van der Waals surface area contributed by atoms with Crippen molar-refractivity contribution in [3.05, 3.63) is 0 Å². The van der Waals surface area contributed by atoms with Crippen LogP contribution in [0.5, 0.6) is 0 Å². The SMILES string of the molecule is CC1CCN(C2CCCC2O)CC1O. The zero-order valence-corrected chi connectivity index (χ0v) is 8.89. The van der Waals surface area contributed by atoms with Crippen LogP contribution < -0.4 is 0 Å². The van der Waals surface area contributed by atoms with Crippen molar-refractivity contribution in [1.29, 1.82) is 0 Å². The molecule has 2 fully saturated rings. The van der Waals surface area contributed by atoms with Crippen molar-refractivity contribution < 1.29 is 10.2 Å². The largest absolute Gasteiger partial charge is 0.392 e. The van der Waals surface area contributed by atoms with E-state index in [2.05, 4.69) is 11.8 Å². The lowest BCUT2D eigenvalue weighted by molar-refractivity contribution is -0.0154. The van der Waals surface area contributed by atoms with Crippen LogP contribution in [0.15, 0.2) is 0 Å². The molecule has 0 aromatic rings. The summed E-state index contributed by atoms with van der Waals surface area (Å²) < 4.78 is 0. The highest BCUT2D eigenvalue weighted by Crippen LogP contribution is 2.28. The van der Waals surface area contributed by atoms with Crippen molar-refractivity contribution in [2.24, 2.45) is 5.92 Å². The standard InChI is InChI=1S/C11H21NO2/c1-8-5-6-12(7-11(8)14)9-3-2-4-10(9)13/h8-11,13-14H,2-7H2,1H3. The number of β-amino-alcohol motifs (C(OH)–C–C–N with tert-alkyl or cyclic N) is 1. The van der Waals surface area contributed by atoms with Gasteiger partial charge in [0.15, 0.2) is 0 Å². The molecule has 1 heterocycles. The summed E-state index contributed by atoms with van der Waals surface area (Å²) >= 11 is 0. The van der Waals surface area contributed by atoms with Crippen LogP contribution in [0.1, 0.15) is 32.6 Å². The van der Waals surface area contributed by atoms with Gasteiger partial charge in [0.25, 0.3) is 0 Å². The van der Waals surface area contributed by atoms with Crippen molar-refractivity contribution in [3.8, 4) is 0 Å². The lowest BCUT2D eigenvalue weighted by Gasteiger charge is -2.39. The molecule has 0 bridgehead atoms. The van der Waals surface area contributed by atoms with E-state index in [0.29, 0.717) is 12.0 Å². The number of aliphatic hydroxyl groups excluding tert-OH is 2. The van der Waals surface area contributed by atoms with E-state index in [9.17, 15) is 10.2 Å². The van der Waals surface area contributed by atoms with Gasteiger partial charge >= 0.3 is 0 Å². The Kier molecular flexibility index (Phi) is 3.10. The second-order valence-electron chi connectivity index (χ2n) is 4.89. The third-order valence-corrected chi connectivity index (χ3v) is 3.86. The molecule has 1 aliphatic carbocycles. The Hall–Kier alpha value is -0.120. The van der Waals surface area contributed by atoms with Crippen LogP contribution in [0.2, 0.25) is 0 Å². The maximum absolute atomic E-state index is 9.77. The Bertz CT molecular complexity index is 198. The minimum absolute atomic E-state index is 0.157. The first-order valence-electron chi connectivity index (χ1n) is 5.78. The van der Waals surface area contributed by atoms with E-state index in [4.69, 9.17) is 0 Å². The highest BCUT2D eigenvalue weighted by molar-refractivity contribution is 4.89. The molecule has 0 radical (unpaired) electrons. The van der Waals surface area contributed by atoms with Crippen LogP contribution in [0.4, 0.5) is 0 Å². The van der Waals surface area contributed by atoms with Gasteiger partial charge in [0.1, 0.15) is 0 Å². The number of rotatable bonds is 1. The van der Waals surface area contributed by atoms with Crippen molar-refractivity contribution in [3.63, 3.8) is 0 Å². The van der Waals surface area contributed by atoms with Crippen LogP contribution in [0.3, 0.4) is 0 Å². The fraction of sp³-hybridized carbons (Fsp3) is 1.00. The van der Waals surface area contributed by atoms with Crippen LogP contribution in [-0.4, -0.2) is 46.5 Å². The molecule has 1 saturated carbocycles. The average Bonchev–Trinajstić information content (AvgIpc) is 2.57. The number of aliphatic hydroxyl groups is 2. The third-order valence-electron chi connectivity index (χ3n) is 3.86. The molecular formula is C11H21NO2. The fourth-order valence-electron chi connectivity index (χ4n) is 2.72. The zero-order chi connectivity index (χ0) is 10.1. The smallest absolute Gasteiger partial charge is 0.0695 e. The van der Waals surface area contributed by atoms with Gasteiger partial charge in [-0.2, -0.15) is 0 Å². The van der Waals surface area contributed by atoms with Crippen LogP contribution in [0, 0.1) is 5.92 Å². The maximum atomic E-state index is 9.77. The average molecular weight is 199 g/mol. The molecule has 3 nitrogen and oxygen atoms in total. The van der Waals surface area contributed by atoms with Crippen molar-refractivity contribution in [2.75, 3.05) is 13.1 Å². The molecule has 14 heavy (non-hydrogen) atoms. The highest BCUT2D eigenvalue weighted by atomic mass is 16.3. The topological polar surface area (TPSA) is 43.7 Å². The fourth-order valence-corrected chi connectivity index (χ4v) is 2.72. The van der Waals surface area contributed by atoms with E-state index in [1.165, 1.54) is 0 Å². The third kappa shape index (κ3) is 1.95. The second-order valence-corrected chi connectivity index (χ2v) is 4.89. The van der Waals surface area contributed by atoms with Gasteiger partial charge in [0, 0.05) is 12.6 Å². The number of hydrogen-bond acceptors (Lipinski definition) is 3. The summed E-state index contributed by atoms with van der Waals surface area (Å²) in [5.74, 6) is 0.421. The first kappa shape index (κ1) is 10.4. The predicted octanol–water partition coefficient (Wildman–Crippen LogP) is 0.602. The molecule has 3 heteroatoms. The minimum Gasteiger partial charge on any atom is -0.392 e. The van der Waals surface area contributed by atoms with Crippen LogP contribution >= 0.6 is 0 Å². The number of nitrogens with zero attached hydrogens (tertiary/aromatic N) is 1. The van der Waals surface area contributed by atoms with E-state index in [1.54, 1.807) is 0 Å². The minimum atomic E-state index is -0.198. The molecular weight excluding hydrogens is 178 g/mol. The van der Waals surface area contributed by atoms with Crippen molar-refractivity contribution in [2.45, 2.75) is 50.9 Å². The number of hydrogen-bond donors (Lipinski definition) is 2. The molecule has 2 aliphatic rings. The number of likely N-dealkylation sites (tertiary alicyclic amines) is 1. The highest BCUT2D eigenvalue weighted by Gasteiger charge is 2.34. The Morgan fingerprint density at radius 3 is 2.43 bits per heavy atom. The maximum Gasteiger partial charge on any atom is 0.0695 e. The summed E-state index contributed by atoms with van der Waals surface area (Å²) in [6.45, 7) is 3.90. The Morgan fingerprint density at radius 2 is 1.86 bits per heavy atom. The normalized spacial score (nSPS) is 45.6. The van der Waals surface area contributed by atoms with Gasteiger partial charge < -0.3 is 10.2 Å². The molecule has 2 rings (SSSR count). The van der Waals surface area contributed by atoms with E-state index in [1.807, 2.05) is 0 Å². The second kappa shape index (κ2) is 4.17. The lowest BCUT2D eigenvalue weighted by Crippen LogP contribution is -2.50. The Labute approximate surface area is 85.7 Å². The zero-order valence-electron chi connectivity index (χ0n) is 8.89. The van der Waals surface area contributed by atoms with Crippen LogP contribution in [0.25, 0.3) is 0 Å². The van der Waals surface area contributed by atoms with Crippen molar-refractivity contribution in [1.82, 2.24) is 4.90 Å². The van der Waals surface area contributed by atoms with Gasteiger partial charge in [0.2, 0.25) is 0 Å². The quantitative estimate of drug-likeness (QED) is 0.650. The molecule has 4 unspecified atom stereocenters. The summed E-state index contributed by atoms with van der Waals surface area (Å²) in [5.41, 5.74) is 0. The molecule has 82 valence electrons. The predicted molar refractivity (Wildman–Crippen MR) is 55.0 cm³/mol. The summed E-state index contributed by atoms with van der Waals surface area (Å²) in [6, 6.07) is 0.317. The van der Waals surface area contributed by atoms with E-state index in [0.717, 1.165) is 38.8 Å². The summed E-state index contributed by atoms with van der Waals surface area (Å²) in [5, 5.41) is 19.5. The van der Waals surface area contributed by atoms with Crippen LogP contribution in [-0.2, 0) is 0 Å². The first-order valence-corrected chi connectivity index (χ1v) is 5.78. The molecule has 0 aromatic carbocycles. The van der Waals surface area contributed by atoms with Crippen molar-refractivity contribution >= 4 is 0 Å². The van der Waals surface area contributed by atoms with Gasteiger partial charge in [-0.3, -0.25) is 4.90 Å². The van der Waals surface area contributed by atoms with E-state index >= 15 is 0 Å². The number of piperidine rings is 1. The Balaban J connectivity index is 1.92. The van der Waals surface area contributed by atoms with Gasteiger partial charge in [-0.15, -0.1) is 0 Å². The summed E-state index contributed by atoms with van der Waals surface area (Å²) in [6.07, 6.45) is 3.88. The van der Waals surface area contributed by atoms with E-state index < -0.39 is 0 Å².